The van der Waals surface area contributed by atoms with Gasteiger partial charge in [-0.2, -0.15) is 5.10 Å². The highest BCUT2D eigenvalue weighted by Crippen LogP contribution is 2.23. The molecule has 0 unspecified atom stereocenters. The fraction of sp³-hybridized carbons (Fsp3) is 0.467. The molecule has 1 N–H and O–H groups in total. The zero-order chi connectivity index (χ0) is 16.4. The summed E-state index contributed by atoms with van der Waals surface area (Å²) in [5, 5.41) is 4.48. The third-order valence-corrected chi connectivity index (χ3v) is 4.69. The first-order valence-electron chi connectivity index (χ1n) is 7.53. The van der Waals surface area contributed by atoms with Gasteiger partial charge in [0, 0.05) is 38.4 Å². The van der Waals surface area contributed by atoms with Crippen LogP contribution in [0.4, 0.5) is 0 Å². The minimum Gasteiger partial charge on any atom is -0.291 e. The van der Waals surface area contributed by atoms with Gasteiger partial charge in [0.2, 0.25) is 10.0 Å². The van der Waals surface area contributed by atoms with Gasteiger partial charge in [-0.3, -0.25) is 14.6 Å². The summed E-state index contributed by atoms with van der Waals surface area (Å²) >= 11 is 0. The predicted molar refractivity (Wildman–Crippen MR) is 86.9 cm³/mol. The molecule has 0 bridgehead atoms. The molecule has 2 aromatic rings. The van der Waals surface area contributed by atoms with E-state index < -0.39 is 10.0 Å². The molecule has 23 heavy (non-hydrogen) atoms. The number of nitrogens with zero attached hydrogens (tertiary/aromatic N) is 4. The van der Waals surface area contributed by atoms with Crippen LogP contribution in [-0.2, 0) is 43.1 Å². The van der Waals surface area contributed by atoms with Gasteiger partial charge in [-0.15, -0.1) is 0 Å². The molecule has 0 atom stereocenters. The Bertz CT molecular complexity index is 786. The van der Waals surface area contributed by atoms with E-state index in [2.05, 4.69) is 19.7 Å². The summed E-state index contributed by atoms with van der Waals surface area (Å²) in [6, 6.07) is 5.94. The Kier molecular flexibility index (Phi) is 4.47. The number of hydrogen-bond donors (Lipinski definition) is 1. The van der Waals surface area contributed by atoms with Gasteiger partial charge in [-0.05, 0) is 18.6 Å². The van der Waals surface area contributed by atoms with Crippen LogP contribution in [0, 0.1) is 0 Å². The fourth-order valence-corrected chi connectivity index (χ4v) is 3.31. The van der Waals surface area contributed by atoms with Crippen LogP contribution < -0.4 is 4.72 Å². The number of fused-ring (bicyclic) bond motifs is 1. The van der Waals surface area contributed by atoms with Crippen molar-refractivity contribution in [2.45, 2.75) is 26.1 Å². The predicted octanol–water partition coefficient (Wildman–Crippen LogP) is 0.423. The molecule has 0 saturated heterocycles. The molecule has 3 heterocycles. The maximum absolute atomic E-state index is 11.3. The van der Waals surface area contributed by atoms with E-state index in [9.17, 15) is 8.42 Å². The van der Waals surface area contributed by atoms with E-state index in [1.165, 1.54) is 5.56 Å². The van der Waals surface area contributed by atoms with Crippen LogP contribution in [0.15, 0.2) is 24.4 Å². The van der Waals surface area contributed by atoms with Crippen molar-refractivity contribution in [3.8, 4) is 0 Å². The Balaban J connectivity index is 1.73. The molecule has 0 fully saturated rings. The molecule has 0 radical (unpaired) electrons. The van der Waals surface area contributed by atoms with E-state index in [0.29, 0.717) is 0 Å². The van der Waals surface area contributed by atoms with Crippen LogP contribution in [0.25, 0.3) is 0 Å². The summed E-state index contributed by atoms with van der Waals surface area (Å²) in [6.07, 6.45) is 3.84. The number of aromatic nitrogens is 3. The second kappa shape index (κ2) is 6.38. The van der Waals surface area contributed by atoms with Crippen LogP contribution in [0.5, 0.6) is 0 Å². The van der Waals surface area contributed by atoms with Gasteiger partial charge in [0.15, 0.2) is 0 Å². The smallest absolute Gasteiger partial charge is 0.209 e. The number of sulfonamides is 1. The molecule has 0 spiro atoms. The van der Waals surface area contributed by atoms with Crippen molar-refractivity contribution in [1.29, 1.82) is 0 Å². The van der Waals surface area contributed by atoms with E-state index in [1.54, 1.807) is 0 Å². The molecular formula is C15H21N5O2S. The van der Waals surface area contributed by atoms with Crippen LogP contribution in [-0.4, -0.2) is 40.9 Å². The second-order valence-corrected chi connectivity index (χ2v) is 7.70. The lowest BCUT2D eigenvalue weighted by molar-refractivity contribution is 0.235. The van der Waals surface area contributed by atoms with Gasteiger partial charge in [-0.1, -0.05) is 6.07 Å². The van der Waals surface area contributed by atoms with Crippen LogP contribution >= 0.6 is 0 Å². The summed E-state index contributed by atoms with van der Waals surface area (Å²) in [5.41, 5.74) is 4.20. The van der Waals surface area contributed by atoms with E-state index in [4.69, 9.17) is 0 Å². The lowest BCUT2D eigenvalue weighted by atomic mass is 10.0. The van der Waals surface area contributed by atoms with Gasteiger partial charge in [-0.25, -0.2) is 13.1 Å². The zero-order valence-corrected chi connectivity index (χ0v) is 14.2. The van der Waals surface area contributed by atoms with Gasteiger partial charge in [0.1, 0.15) is 0 Å². The summed E-state index contributed by atoms with van der Waals surface area (Å²) in [6.45, 7) is 2.78. The molecule has 3 rings (SSSR count). The third kappa shape index (κ3) is 3.95. The quantitative estimate of drug-likeness (QED) is 0.857. The van der Waals surface area contributed by atoms with Crippen molar-refractivity contribution in [2.24, 2.45) is 7.05 Å². The molecule has 0 amide bonds. The first-order chi connectivity index (χ1) is 10.9. The van der Waals surface area contributed by atoms with Gasteiger partial charge >= 0.3 is 0 Å². The third-order valence-electron chi connectivity index (χ3n) is 4.02. The fourth-order valence-electron chi connectivity index (χ4n) is 2.91. The van der Waals surface area contributed by atoms with Crippen LogP contribution in [0.1, 0.15) is 22.6 Å². The number of nitrogens with one attached hydrogen (secondary N) is 1. The van der Waals surface area contributed by atoms with Crippen molar-refractivity contribution in [3.63, 3.8) is 0 Å². The molecular weight excluding hydrogens is 314 g/mol. The Morgan fingerprint density at radius 3 is 2.87 bits per heavy atom. The van der Waals surface area contributed by atoms with Crippen molar-refractivity contribution in [2.75, 3.05) is 12.8 Å². The average Bonchev–Trinajstić information content (AvgIpc) is 2.82. The minimum absolute atomic E-state index is 0.252. The molecule has 7 nitrogen and oxygen atoms in total. The van der Waals surface area contributed by atoms with Crippen molar-refractivity contribution in [1.82, 2.24) is 24.4 Å². The largest absolute Gasteiger partial charge is 0.291 e. The first kappa shape index (κ1) is 16.1. The lowest BCUT2D eigenvalue weighted by Gasteiger charge is -2.27. The Hall–Kier alpha value is -1.77. The highest BCUT2D eigenvalue weighted by molar-refractivity contribution is 7.88. The monoisotopic (exact) mass is 335 g/mol. The first-order valence-corrected chi connectivity index (χ1v) is 9.42. The van der Waals surface area contributed by atoms with Gasteiger partial charge in [0.05, 0.1) is 29.9 Å². The standard InChI is InChI=1S/C15H21N5O2S/c1-19-15-11-20(10-12-5-3-4-7-16-12)8-6-13(15)14(18-19)9-17-23(2,21)22/h3-5,7,17H,6,8-11H2,1-2H3. The van der Waals surface area contributed by atoms with E-state index in [0.717, 1.165) is 49.4 Å². The Morgan fingerprint density at radius 2 is 2.17 bits per heavy atom. The molecule has 0 aromatic carbocycles. The Morgan fingerprint density at radius 1 is 1.35 bits per heavy atom. The van der Waals surface area contributed by atoms with Crippen molar-refractivity contribution < 1.29 is 8.42 Å². The SMILES string of the molecule is Cn1nc(CNS(C)(=O)=O)c2c1CN(Cc1ccccn1)CC2. The molecule has 0 saturated carbocycles. The normalized spacial score (nSPS) is 15.6. The van der Waals surface area contributed by atoms with E-state index in [1.807, 2.05) is 36.1 Å². The van der Waals surface area contributed by atoms with Gasteiger partial charge < -0.3 is 0 Å². The van der Waals surface area contributed by atoms with Crippen LogP contribution in [0.2, 0.25) is 0 Å². The average molecular weight is 335 g/mol. The number of pyridine rings is 1. The topological polar surface area (TPSA) is 80.1 Å². The Labute approximate surface area is 136 Å². The lowest BCUT2D eigenvalue weighted by Crippen LogP contribution is -2.31. The van der Waals surface area contributed by atoms with Crippen molar-refractivity contribution >= 4 is 10.0 Å². The van der Waals surface area contributed by atoms with Crippen molar-refractivity contribution in [3.05, 3.63) is 47.0 Å². The molecule has 2 aromatic heterocycles. The summed E-state index contributed by atoms with van der Waals surface area (Å²) in [4.78, 5) is 6.71. The molecule has 8 heteroatoms. The summed E-state index contributed by atoms with van der Waals surface area (Å²) in [7, 11) is -1.30. The van der Waals surface area contributed by atoms with E-state index >= 15 is 0 Å². The van der Waals surface area contributed by atoms with Gasteiger partial charge in [0.25, 0.3) is 0 Å². The molecule has 1 aliphatic rings. The maximum atomic E-state index is 11.3. The minimum atomic E-state index is -3.21. The second-order valence-electron chi connectivity index (χ2n) is 5.87. The number of rotatable bonds is 5. The summed E-state index contributed by atoms with van der Waals surface area (Å²) < 4.78 is 26.9. The molecule has 1 aliphatic heterocycles. The maximum Gasteiger partial charge on any atom is 0.209 e. The number of aryl methyl sites for hydroxylation is 1. The van der Waals surface area contributed by atoms with Crippen LogP contribution in [0.3, 0.4) is 0 Å². The van der Waals surface area contributed by atoms with E-state index in [-0.39, 0.29) is 6.54 Å². The zero-order valence-electron chi connectivity index (χ0n) is 13.4. The molecule has 124 valence electrons. The molecule has 0 aliphatic carbocycles. The highest BCUT2D eigenvalue weighted by Gasteiger charge is 2.24. The number of hydrogen-bond acceptors (Lipinski definition) is 5. The summed E-state index contributed by atoms with van der Waals surface area (Å²) in [5.74, 6) is 0. The highest BCUT2D eigenvalue weighted by atomic mass is 32.2.